The average molecular weight is 348 g/mol. The summed E-state index contributed by atoms with van der Waals surface area (Å²) < 4.78 is 5.97. The molecular weight excluding hydrogens is 324 g/mol. The lowest BCUT2D eigenvalue weighted by Crippen LogP contribution is -2.47. The minimum Gasteiger partial charge on any atom is -0.419 e. The molecule has 0 saturated carbocycles. The number of anilines is 1. The monoisotopic (exact) mass is 348 g/mol. The van der Waals surface area contributed by atoms with E-state index in [1.807, 2.05) is 12.1 Å². The molecule has 26 heavy (non-hydrogen) atoms. The molecular formula is C21H24N4O. The Morgan fingerprint density at radius 3 is 2.42 bits per heavy atom. The Kier molecular flexibility index (Phi) is 4.71. The van der Waals surface area contributed by atoms with Crippen molar-refractivity contribution in [3.8, 4) is 11.5 Å². The smallest absolute Gasteiger partial charge is 0.247 e. The number of hydrogen-bond acceptors (Lipinski definition) is 5. The van der Waals surface area contributed by atoms with Crippen LogP contribution in [0.1, 0.15) is 24.4 Å². The fourth-order valence-corrected chi connectivity index (χ4v) is 3.46. The minimum atomic E-state index is 0.124. The van der Waals surface area contributed by atoms with Crippen LogP contribution < -0.4 is 4.90 Å². The lowest BCUT2D eigenvalue weighted by molar-refractivity contribution is 0.174. The Hall–Kier alpha value is -2.66. The minimum absolute atomic E-state index is 0.124. The second kappa shape index (κ2) is 7.30. The van der Waals surface area contributed by atoms with E-state index in [1.54, 1.807) is 0 Å². The number of aryl methyl sites for hydroxylation is 1. The molecule has 0 aliphatic carbocycles. The van der Waals surface area contributed by atoms with Crippen LogP contribution in [0.3, 0.4) is 0 Å². The van der Waals surface area contributed by atoms with Gasteiger partial charge in [-0.25, -0.2) is 0 Å². The summed E-state index contributed by atoms with van der Waals surface area (Å²) in [4.78, 5) is 4.84. The summed E-state index contributed by atoms with van der Waals surface area (Å²) in [5.41, 5.74) is 3.46. The van der Waals surface area contributed by atoms with Crippen molar-refractivity contribution in [3.63, 3.8) is 0 Å². The molecule has 1 fully saturated rings. The summed E-state index contributed by atoms with van der Waals surface area (Å²) in [6.45, 7) is 8.19. The van der Waals surface area contributed by atoms with E-state index in [9.17, 15) is 0 Å². The lowest BCUT2D eigenvalue weighted by Gasteiger charge is -2.38. The van der Waals surface area contributed by atoms with Gasteiger partial charge in [0.1, 0.15) is 0 Å². The van der Waals surface area contributed by atoms with E-state index < -0.39 is 0 Å². The summed E-state index contributed by atoms with van der Waals surface area (Å²) in [6, 6.07) is 18.9. The molecule has 4 rings (SSSR count). The molecule has 1 aliphatic heterocycles. The first-order chi connectivity index (χ1) is 12.7. The predicted molar refractivity (Wildman–Crippen MR) is 103 cm³/mol. The van der Waals surface area contributed by atoms with Gasteiger partial charge in [0.15, 0.2) is 0 Å². The van der Waals surface area contributed by atoms with Crippen LogP contribution in [0.4, 0.5) is 5.69 Å². The first-order valence-electron chi connectivity index (χ1n) is 9.15. The first-order valence-corrected chi connectivity index (χ1v) is 9.15. The third-order valence-electron chi connectivity index (χ3n) is 5.05. The molecule has 3 aromatic rings. The van der Waals surface area contributed by atoms with Gasteiger partial charge in [-0.1, -0.05) is 35.9 Å². The van der Waals surface area contributed by atoms with E-state index in [-0.39, 0.29) is 6.04 Å². The van der Waals surface area contributed by atoms with Crippen LogP contribution in [0.15, 0.2) is 59.0 Å². The zero-order chi connectivity index (χ0) is 17.9. The van der Waals surface area contributed by atoms with Crippen LogP contribution in [0.5, 0.6) is 0 Å². The van der Waals surface area contributed by atoms with Gasteiger partial charge in [-0.15, -0.1) is 10.2 Å². The van der Waals surface area contributed by atoms with E-state index in [0.717, 1.165) is 31.7 Å². The van der Waals surface area contributed by atoms with Crippen LogP contribution in [-0.2, 0) is 0 Å². The van der Waals surface area contributed by atoms with Crippen LogP contribution in [0.2, 0.25) is 0 Å². The maximum absolute atomic E-state index is 5.97. The zero-order valence-electron chi connectivity index (χ0n) is 15.3. The summed E-state index contributed by atoms with van der Waals surface area (Å²) in [7, 11) is 0. The van der Waals surface area contributed by atoms with Crippen LogP contribution in [-0.4, -0.2) is 41.3 Å². The van der Waals surface area contributed by atoms with E-state index in [2.05, 4.69) is 76.3 Å². The number of rotatable bonds is 4. The van der Waals surface area contributed by atoms with Gasteiger partial charge in [0.25, 0.3) is 0 Å². The normalized spacial score (nSPS) is 16.6. The van der Waals surface area contributed by atoms with E-state index in [0.29, 0.717) is 11.8 Å². The quantitative estimate of drug-likeness (QED) is 0.715. The second-order valence-corrected chi connectivity index (χ2v) is 6.85. The van der Waals surface area contributed by atoms with Crippen molar-refractivity contribution < 1.29 is 4.42 Å². The lowest BCUT2D eigenvalue weighted by atomic mass is 10.1. The SMILES string of the molecule is Cc1cccc(-c2nnc([C@@H](C)N3CCN(c4ccccc4)CC3)o2)c1. The molecule has 0 N–H and O–H groups in total. The highest BCUT2D eigenvalue weighted by atomic mass is 16.4. The molecule has 134 valence electrons. The average Bonchev–Trinajstić information content (AvgIpc) is 3.18. The van der Waals surface area contributed by atoms with Gasteiger partial charge in [-0.05, 0) is 38.1 Å². The largest absolute Gasteiger partial charge is 0.419 e. The Labute approximate surface area is 154 Å². The van der Waals surface area contributed by atoms with Gasteiger partial charge in [0.05, 0.1) is 6.04 Å². The number of para-hydroxylation sites is 1. The second-order valence-electron chi connectivity index (χ2n) is 6.85. The molecule has 1 aliphatic rings. The van der Waals surface area contributed by atoms with Crippen molar-refractivity contribution >= 4 is 5.69 Å². The summed E-state index contributed by atoms with van der Waals surface area (Å²) in [5.74, 6) is 1.29. The molecule has 1 saturated heterocycles. The Morgan fingerprint density at radius 2 is 1.69 bits per heavy atom. The highest BCUT2D eigenvalue weighted by Crippen LogP contribution is 2.26. The highest BCUT2D eigenvalue weighted by molar-refractivity contribution is 5.53. The maximum atomic E-state index is 5.97. The van der Waals surface area contributed by atoms with Crippen molar-refractivity contribution in [2.45, 2.75) is 19.9 Å². The molecule has 0 spiro atoms. The van der Waals surface area contributed by atoms with Gasteiger partial charge in [0.2, 0.25) is 11.8 Å². The summed E-state index contributed by atoms with van der Waals surface area (Å²) in [5, 5.41) is 8.55. The molecule has 2 aromatic carbocycles. The Balaban J connectivity index is 1.42. The van der Waals surface area contributed by atoms with Crippen molar-refractivity contribution in [1.82, 2.24) is 15.1 Å². The fraction of sp³-hybridized carbons (Fsp3) is 0.333. The van der Waals surface area contributed by atoms with Crippen molar-refractivity contribution in [2.75, 3.05) is 31.1 Å². The van der Waals surface area contributed by atoms with Crippen LogP contribution >= 0.6 is 0 Å². The molecule has 0 unspecified atom stereocenters. The molecule has 1 aromatic heterocycles. The maximum Gasteiger partial charge on any atom is 0.247 e. The van der Waals surface area contributed by atoms with Gasteiger partial charge in [0, 0.05) is 37.4 Å². The molecule has 0 bridgehead atoms. The number of aromatic nitrogens is 2. The molecule has 5 heteroatoms. The van der Waals surface area contributed by atoms with E-state index in [4.69, 9.17) is 4.42 Å². The Morgan fingerprint density at radius 1 is 0.923 bits per heavy atom. The highest BCUT2D eigenvalue weighted by Gasteiger charge is 2.25. The number of benzene rings is 2. The fourth-order valence-electron chi connectivity index (χ4n) is 3.46. The van der Waals surface area contributed by atoms with Gasteiger partial charge >= 0.3 is 0 Å². The third-order valence-corrected chi connectivity index (χ3v) is 5.05. The van der Waals surface area contributed by atoms with Crippen molar-refractivity contribution in [3.05, 3.63) is 66.1 Å². The van der Waals surface area contributed by atoms with Crippen molar-refractivity contribution in [1.29, 1.82) is 0 Å². The van der Waals surface area contributed by atoms with E-state index >= 15 is 0 Å². The molecule has 1 atom stereocenters. The Bertz CT molecular complexity index is 853. The topological polar surface area (TPSA) is 45.4 Å². The zero-order valence-corrected chi connectivity index (χ0v) is 15.3. The number of hydrogen-bond donors (Lipinski definition) is 0. The van der Waals surface area contributed by atoms with E-state index in [1.165, 1.54) is 11.3 Å². The van der Waals surface area contributed by atoms with Gasteiger partial charge < -0.3 is 9.32 Å². The summed E-state index contributed by atoms with van der Waals surface area (Å²) >= 11 is 0. The van der Waals surface area contributed by atoms with Gasteiger partial charge in [-0.2, -0.15) is 0 Å². The van der Waals surface area contributed by atoms with Crippen LogP contribution in [0, 0.1) is 6.92 Å². The van der Waals surface area contributed by atoms with Gasteiger partial charge in [-0.3, -0.25) is 4.90 Å². The molecule has 5 nitrogen and oxygen atoms in total. The standard InChI is InChI=1S/C21H24N4O/c1-16-7-6-8-18(15-16)21-23-22-20(26-21)17(2)24-11-13-25(14-12-24)19-9-4-3-5-10-19/h3-10,15,17H,11-14H2,1-2H3/t17-/m1/s1. The first kappa shape index (κ1) is 16.8. The molecule has 0 radical (unpaired) electrons. The molecule has 2 heterocycles. The number of piperazine rings is 1. The van der Waals surface area contributed by atoms with Crippen LogP contribution in [0.25, 0.3) is 11.5 Å². The molecule has 0 amide bonds. The van der Waals surface area contributed by atoms with Crippen molar-refractivity contribution in [2.24, 2.45) is 0 Å². The third kappa shape index (κ3) is 3.48. The summed E-state index contributed by atoms with van der Waals surface area (Å²) in [6.07, 6.45) is 0. The predicted octanol–water partition coefficient (Wildman–Crippen LogP) is 3.93. The number of nitrogens with zero attached hydrogens (tertiary/aromatic N) is 4.